The van der Waals surface area contributed by atoms with Gasteiger partial charge >= 0.3 is 0 Å². The van der Waals surface area contributed by atoms with Crippen LogP contribution in [0, 0.1) is 0 Å². The minimum Gasteiger partial charge on any atom is -0.391 e. The highest BCUT2D eigenvalue weighted by atomic mass is 16.5. The Kier molecular flexibility index (Phi) is 4.36. The van der Waals surface area contributed by atoms with Crippen molar-refractivity contribution >= 4 is 5.69 Å². The minimum absolute atomic E-state index is 0.311. The van der Waals surface area contributed by atoms with Gasteiger partial charge in [0, 0.05) is 25.3 Å². The van der Waals surface area contributed by atoms with Gasteiger partial charge in [-0.2, -0.15) is 0 Å². The average Bonchev–Trinajstić information content (AvgIpc) is 2.40. The van der Waals surface area contributed by atoms with Crippen molar-refractivity contribution in [2.75, 3.05) is 37.7 Å². The molecule has 0 saturated carbocycles. The van der Waals surface area contributed by atoms with Gasteiger partial charge in [-0.1, -0.05) is 12.1 Å². The quantitative estimate of drug-likeness (QED) is 0.794. The van der Waals surface area contributed by atoms with E-state index >= 15 is 0 Å². The number of nitrogens with two attached hydrogens (primary N) is 1. The number of anilines is 1. The number of hydrogen-bond donors (Lipinski definition) is 2. The molecule has 94 valence electrons. The molecule has 0 amide bonds. The number of morpholine rings is 1. The molecule has 0 bridgehead atoms. The van der Waals surface area contributed by atoms with E-state index in [1.165, 1.54) is 5.69 Å². The summed E-state index contributed by atoms with van der Waals surface area (Å²) in [5.74, 6) is 0. The molecule has 1 fully saturated rings. The molecule has 1 atom stereocenters. The van der Waals surface area contributed by atoms with Crippen LogP contribution < -0.4 is 10.6 Å². The smallest absolute Gasteiger partial charge is 0.0702 e. The van der Waals surface area contributed by atoms with E-state index in [9.17, 15) is 5.11 Å². The van der Waals surface area contributed by atoms with Crippen LogP contribution >= 0.6 is 0 Å². The topological polar surface area (TPSA) is 58.7 Å². The van der Waals surface area contributed by atoms with Crippen LogP contribution in [0.2, 0.25) is 0 Å². The van der Waals surface area contributed by atoms with Gasteiger partial charge in [-0.05, 0) is 24.1 Å². The van der Waals surface area contributed by atoms with Gasteiger partial charge in [0.1, 0.15) is 0 Å². The molecule has 1 aliphatic rings. The second-order valence-corrected chi connectivity index (χ2v) is 4.36. The summed E-state index contributed by atoms with van der Waals surface area (Å²) in [4.78, 5) is 2.31. The van der Waals surface area contributed by atoms with E-state index in [-0.39, 0.29) is 0 Å². The molecule has 1 aliphatic heterocycles. The van der Waals surface area contributed by atoms with E-state index < -0.39 is 6.10 Å². The maximum atomic E-state index is 9.48. The molecule has 1 aromatic carbocycles. The van der Waals surface area contributed by atoms with E-state index in [0.717, 1.165) is 31.9 Å². The lowest BCUT2D eigenvalue weighted by Gasteiger charge is -2.29. The van der Waals surface area contributed by atoms with Gasteiger partial charge in [-0.3, -0.25) is 0 Å². The predicted octanol–water partition coefficient (Wildman–Crippen LogP) is 0.385. The van der Waals surface area contributed by atoms with Gasteiger partial charge < -0.3 is 20.5 Å². The summed E-state index contributed by atoms with van der Waals surface area (Å²) in [5.41, 5.74) is 7.74. The third-order valence-electron chi connectivity index (χ3n) is 3.06. The van der Waals surface area contributed by atoms with Gasteiger partial charge in [0.15, 0.2) is 0 Å². The lowest BCUT2D eigenvalue weighted by atomic mass is 10.1. The van der Waals surface area contributed by atoms with Gasteiger partial charge in [0.2, 0.25) is 0 Å². The Morgan fingerprint density at radius 1 is 1.24 bits per heavy atom. The number of ether oxygens (including phenoxy) is 1. The van der Waals surface area contributed by atoms with Crippen LogP contribution in [-0.4, -0.2) is 44.1 Å². The molecule has 2 rings (SSSR count). The van der Waals surface area contributed by atoms with Crippen LogP contribution in [0.25, 0.3) is 0 Å². The van der Waals surface area contributed by atoms with Crippen LogP contribution in [0.15, 0.2) is 24.3 Å². The fraction of sp³-hybridized carbons (Fsp3) is 0.538. The molecule has 1 saturated heterocycles. The summed E-state index contributed by atoms with van der Waals surface area (Å²) in [7, 11) is 0. The van der Waals surface area contributed by atoms with Gasteiger partial charge in [-0.15, -0.1) is 0 Å². The largest absolute Gasteiger partial charge is 0.391 e. The summed E-state index contributed by atoms with van der Waals surface area (Å²) >= 11 is 0. The first-order chi connectivity index (χ1) is 8.29. The second-order valence-electron chi connectivity index (χ2n) is 4.36. The van der Waals surface area contributed by atoms with Gasteiger partial charge in [0.25, 0.3) is 0 Å². The van der Waals surface area contributed by atoms with Crippen LogP contribution in [0.1, 0.15) is 5.56 Å². The number of hydrogen-bond acceptors (Lipinski definition) is 4. The fourth-order valence-corrected chi connectivity index (χ4v) is 2.02. The molecule has 3 N–H and O–H groups in total. The molecule has 4 heteroatoms. The minimum atomic E-state index is -0.441. The van der Waals surface area contributed by atoms with Crippen LogP contribution in [0.5, 0.6) is 0 Å². The standard InChI is InChI=1S/C13H20N2O2/c14-10-13(16)9-11-1-3-12(4-2-11)15-5-7-17-8-6-15/h1-4,13,16H,5-10,14H2. The number of aliphatic hydroxyl groups is 1. The monoisotopic (exact) mass is 236 g/mol. The molecular formula is C13H20N2O2. The highest BCUT2D eigenvalue weighted by molar-refractivity contribution is 5.48. The predicted molar refractivity (Wildman–Crippen MR) is 68.2 cm³/mol. The molecule has 0 spiro atoms. The average molecular weight is 236 g/mol. The molecule has 1 heterocycles. The Bertz CT molecular complexity index is 334. The molecule has 1 unspecified atom stereocenters. The number of benzene rings is 1. The molecule has 0 aromatic heterocycles. The van der Waals surface area contributed by atoms with Crippen molar-refractivity contribution in [2.24, 2.45) is 5.73 Å². The number of rotatable bonds is 4. The number of aliphatic hydroxyl groups excluding tert-OH is 1. The van der Waals surface area contributed by atoms with Crippen LogP contribution in [-0.2, 0) is 11.2 Å². The SMILES string of the molecule is NCC(O)Cc1ccc(N2CCOCC2)cc1. The van der Waals surface area contributed by atoms with Crippen LogP contribution in [0.3, 0.4) is 0 Å². The summed E-state index contributed by atoms with van der Waals surface area (Å²) in [6, 6.07) is 8.32. The molecule has 17 heavy (non-hydrogen) atoms. The van der Waals surface area contributed by atoms with Crippen molar-refractivity contribution in [2.45, 2.75) is 12.5 Å². The first kappa shape index (κ1) is 12.4. The van der Waals surface area contributed by atoms with Gasteiger partial charge in [0.05, 0.1) is 19.3 Å². The lowest BCUT2D eigenvalue weighted by Crippen LogP contribution is -2.36. The van der Waals surface area contributed by atoms with Crippen molar-refractivity contribution < 1.29 is 9.84 Å². The van der Waals surface area contributed by atoms with Gasteiger partial charge in [-0.25, -0.2) is 0 Å². The normalized spacial score (nSPS) is 18.1. The van der Waals surface area contributed by atoms with Crippen LogP contribution in [0.4, 0.5) is 5.69 Å². The summed E-state index contributed by atoms with van der Waals surface area (Å²) in [6.07, 6.45) is 0.184. The lowest BCUT2D eigenvalue weighted by molar-refractivity contribution is 0.122. The maximum absolute atomic E-state index is 9.48. The zero-order valence-corrected chi connectivity index (χ0v) is 10.0. The molecule has 1 aromatic rings. The fourth-order valence-electron chi connectivity index (χ4n) is 2.02. The van der Waals surface area contributed by atoms with E-state index in [1.54, 1.807) is 0 Å². The molecule has 0 aliphatic carbocycles. The highest BCUT2D eigenvalue weighted by Gasteiger charge is 2.11. The zero-order chi connectivity index (χ0) is 12.1. The Balaban J connectivity index is 1.97. The summed E-state index contributed by atoms with van der Waals surface area (Å²) in [5, 5.41) is 9.48. The summed E-state index contributed by atoms with van der Waals surface area (Å²) in [6.45, 7) is 3.81. The third kappa shape index (κ3) is 3.43. The Labute approximate surface area is 102 Å². The zero-order valence-electron chi connectivity index (χ0n) is 10.0. The molecule has 4 nitrogen and oxygen atoms in total. The second kappa shape index (κ2) is 6.00. The van der Waals surface area contributed by atoms with Crippen molar-refractivity contribution in [3.8, 4) is 0 Å². The van der Waals surface area contributed by atoms with Crippen molar-refractivity contribution in [1.82, 2.24) is 0 Å². The third-order valence-corrected chi connectivity index (χ3v) is 3.06. The Morgan fingerprint density at radius 2 is 1.88 bits per heavy atom. The molecule has 0 radical (unpaired) electrons. The van der Waals surface area contributed by atoms with Crippen molar-refractivity contribution in [1.29, 1.82) is 0 Å². The van der Waals surface area contributed by atoms with Crippen molar-refractivity contribution in [3.63, 3.8) is 0 Å². The first-order valence-corrected chi connectivity index (χ1v) is 6.09. The van der Waals surface area contributed by atoms with E-state index in [2.05, 4.69) is 29.2 Å². The van der Waals surface area contributed by atoms with E-state index in [1.807, 2.05) is 0 Å². The summed E-state index contributed by atoms with van der Waals surface area (Å²) < 4.78 is 5.32. The number of nitrogens with zero attached hydrogens (tertiary/aromatic N) is 1. The maximum Gasteiger partial charge on any atom is 0.0702 e. The van der Waals surface area contributed by atoms with E-state index in [0.29, 0.717) is 13.0 Å². The van der Waals surface area contributed by atoms with Crippen molar-refractivity contribution in [3.05, 3.63) is 29.8 Å². The first-order valence-electron chi connectivity index (χ1n) is 6.09. The Hall–Kier alpha value is -1.10. The highest BCUT2D eigenvalue weighted by Crippen LogP contribution is 2.17. The van der Waals surface area contributed by atoms with E-state index in [4.69, 9.17) is 10.5 Å². The Morgan fingerprint density at radius 3 is 2.47 bits per heavy atom. The molecular weight excluding hydrogens is 216 g/mol.